The number of rotatable bonds is 3. The fraction of sp³-hybridized carbons (Fsp3) is 0.375. The molecule has 0 fully saturated rings. The van der Waals surface area contributed by atoms with Gasteiger partial charge in [0.15, 0.2) is 0 Å². The maximum absolute atomic E-state index is 12.1. The highest BCUT2D eigenvalue weighted by atomic mass is 35.5. The van der Waals surface area contributed by atoms with Crippen LogP contribution in [0.3, 0.4) is 0 Å². The summed E-state index contributed by atoms with van der Waals surface area (Å²) in [5.41, 5.74) is 5.41. The van der Waals surface area contributed by atoms with E-state index in [0.717, 1.165) is 36.6 Å². The Hall–Kier alpha value is -1.56. The summed E-state index contributed by atoms with van der Waals surface area (Å²) in [6, 6.07) is 8.11. The zero-order valence-corrected chi connectivity index (χ0v) is 14.9. The summed E-state index contributed by atoms with van der Waals surface area (Å²) < 4.78 is 1.73. The number of halogens is 2. The third-order valence-corrected chi connectivity index (χ3v) is 3.77. The van der Waals surface area contributed by atoms with E-state index in [-0.39, 0.29) is 37.3 Å². The average Bonchev–Trinajstić information content (AvgIpc) is 2.76. The molecule has 0 saturated carbocycles. The van der Waals surface area contributed by atoms with Crippen molar-refractivity contribution in [1.29, 1.82) is 0 Å². The van der Waals surface area contributed by atoms with Gasteiger partial charge in [-0.25, -0.2) is 0 Å². The molecule has 0 atom stereocenters. The van der Waals surface area contributed by atoms with Crippen LogP contribution in [0.1, 0.15) is 22.5 Å². The Kier molecular flexibility index (Phi) is 7.06. The number of anilines is 1. The number of fused-ring (bicyclic) bond motifs is 1. The second-order valence-electron chi connectivity index (χ2n) is 5.54. The van der Waals surface area contributed by atoms with Gasteiger partial charge in [-0.3, -0.25) is 9.48 Å². The van der Waals surface area contributed by atoms with Gasteiger partial charge in [0.25, 0.3) is 0 Å². The molecule has 23 heavy (non-hydrogen) atoms. The Morgan fingerprint density at radius 3 is 2.74 bits per heavy atom. The van der Waals surface area contributed by atoms with E-state index in [4.69, 9.17) is 0 Å². The molecule has 126 valence electrons. The van der Waals surface area contributed by atoms with E-state index in [1.54, 1.807) is 4.68 Å². The predicted molar refractivity (Wildman–Crippen MR) is 96.7 cm³/mol. The standard InChI is InChI=1S/C16H20N4O.2ClH/c1-11-7-12(2)20(19-11)10-16(21)18-15-4-3-13-5-6-17-9-14(13)8-15;;/h3-4,7-8,17H,5-6,9-10H2,1-2H3,(H,18,21);2*1H. The highest BCUT2D eigenvalue weighted by Gasteiger charge is 2.11. The SMILES string of the molecule is Cc1cc(C)n(CC(=O)Nc2ccc3c(c2)CNCC3)n1.Cl.Cl. The van der Waals surface area contributed by atoms with Crippen LogP contribution in [0.15, 0.2) is 24.3 Å². The number of carbonyl (C=O) groups excluding carboxylic acids is 1. The zero-order chi connectivity index (χ0) is 14.8. The molecule has 0 unspecified atom stereocenters. The van der Waals surface area contributed by atoms with Gasteiger partial charge in [-0.15, -0.1) is 24.8 Å². The summed E-state index contributed by atoms with van der Waals surface area (Å²) in [5, 5.41) is 10.6. The molecular weight excluding hydrogens is 335 g/mol. The van der Waals surface area contributed by atoms with Gasteiger partial charge >= 0.3 is 0 Å². The van der Waals surface area contributed by atoms with E-state index in [9.17, 15) is 4.79 Å². The quantitative estimate of drug-likeness (QED) is 0.888. The van der Waals surface area contributed by atoms with E-state index in [1.807, 2.05) is 26.0 Å². The molecule has 3 rings (SSSR count). The van der Waals surface area contributed by atoms with Crippen molar-refractivity contribution >= 4 is 36.4 Å². The molecule has 1 aromatic heterocycles. The Labute approximate surface area is 148 Å². The number of carbonyl (C=O) groups is 1. The lowest BCUT2D eigenvalue weighted by Crippen LogP contribution is -2.24. The van der Waals surface area contributed by atoms with Crippen LogP contribution in [-0.4, -0.2) is 22.2 Å². The van der Waals surface area contributed by atoms with Gasteiger partial charge in [-0.05, 0) is 56.1 Å². The predicted octanol–water partition coefficient (Wildman–Crippen LogP) is 2.63. The summed E-state index contributed by atoms with van der Waals surface area (Å²) in [6.07, 6.45) is 1.05. The summed E-state index contributed by atoms with van der Waals surface area (Å²) >= 11 is 0. The topological polar surface area (TPSA) is 59.0 Å². The van der Waals surface area contributed by atoms with Crippen LogP contribution in [0.2, 0.25) is 0 Å². The van der Waals surface area contributed by atoms with Crippen LogP contribution >= 0.6 is 24.8 Å². The zero-order valence-electron chi connectivity index (χ0n) is 13.3. The van der Waals surface area contributed by atoms with E-state index in [0.29, 0.717) is 0 Å². The van der Waals surface area contributed by atoms with E-state index >= 15 is 0 Å². The number of hydrogen-bond acceptors (Lipinski definition) is 3. The summed E-state index contributed by atoms with van der Waals surface area (Å²) in [5.74, 6) is -0.0510. The van der Waals surface area contributed by atoms with Gasteiger partial charge in [0.1, 0.15) is 6.54 Å². The Bertz CT molecular complexity index is 685. The first-order valence-electron chi connectivity index (χ1n) is 7.25. The average molecular weight is 357 g/mol. The van der Waals surface area contributed by atoms with Crippen LogP contribution in [0.25, 0.3) is 0 Å². The van der Waals surface area contributed by atoms with Crippen molar-refractivity contribution in [2.45, 2.75) is 33.4 Å². The number of amides is 1. The highest BCUT2D eigenvalue weighted by molar-refractivity contribution is 5.90. The second-order valence-corrected chi connectivity index (χ2v) is 5.54. The minimum absolute atomic E-state index is 0. The summed E-state index contributed by atoms with van der Waals surface area (Å²) in [7, 11) is 0. The van der Waals surface area contributed by atoms with Crippen LogP contribution in [0.4, 0.5) is 5.69 Å². The molecule has 7 heteroatoms. The van der Waals surface area contributed by atoms with Crippen molar-refractivity contribution in [2.75, 3.05) is 11.9 Å². The molecule has 0 bridgehead atoms. The maximum Gasteiger partial charge on any atom is 0.246 e. The summed E-state index contributed by atoms with van der Waals surface area (Å²) in [6.45, 7) is 6.03. The lowest BCUT2D eigenvalue weighted by molar-refractivity contribution is -0.116. The Balaban J connectivity index is 0.00000132. The number of aryl methyl sites for hydroxylation is 2. The molecule has 5 nitrogen and oxygen atoms in total. The third kappa shape index (κ3) is 4.70. The Morgan fingerprint density at radius 2 is 2.04 bits per heavy atom. The van der Waals surface area contributed by atoms with E-state index < -0.39 is 0 Å². The monoisotopic (exact) mass is 356 g/mol. The minimum Gasteiger partial charge on any atom is -0.324 e. The van der Waals surface area contributed by atoms with Gasteiger partial charge in [-0.2, -0.15) is 5.10 Å². The molecule has 0 aliphatic carbocycles. The molecule has 0 spiro atoms. The lowest BCUT2D eigenvalue weighted by atomic mass is 10.0. The van der Waals surface area contributed by atoms with Crippen molar-refractivity contribution in [3.05, 3.63) is 46.8 Å². The molecule has 0 radical (unpaired) electrons. The normalized spacial score (nSPS) is 12.6. The minimum atomic E-state index is -0.0510. The first-order chi connectivity index (χ1) is 10.1. The van der Waals surface area contributed by atoms with Crippen molar-refractivity contribution in [1.82, 2.24) is 15.1 Å². The molecular formula is C16H22Cl2N4O. The first kappa shape index (κ1) is 19.5. The van der Waals surface area contributed by atoms with Crippen molar-refractivity contribution < 1.29 is 4.79 Å². The molecule has 1 amide bonds. The summed E-state index contributed by atoms with van der Waals surface area (Å²) in [4.78, 5) is 12.1. The number of benzene rings is 1. The maximum atomic E-state index is 12.1. The van der Waals surface area contributed by atoms with Crippen LogP contribution in [-0.2, 0) is 24.3 Å². The van der Waals surface area contributed by atoms with Crippen molar-refractivity contribution in [2.24, 2.45) is 0 Å². The number of nitrogens with zero attached hydrogens (tertiary/aromatic N) is 2. The first-order valence-corrected chi connectivity index (χ1v) is 7.25. The van der Waals surface area contributed by atoms with Gasteiger partial charge in [0, 0.05) is 17.9 Å². The molecule has 1 aromatic carbocycles. The molecule has 2 aromatic rings. The highest BCUT2D eigenvalue weighted by Crippen LogP contribution is 2.19. The van der Waals surface area contributed by atoms with Crippen LogP contribution < -0.4 is 10.6 Å². The van der Waals surface area contributed by atoms with E-state index in [2.05, 4.69) is 27.9 Å². The molecule has 2 heterocycles. The Morgan fingerprint density at radius 1 is 1.26 bits per heavy atom. The molecule has 1 aliphatic rings. The molecule has 2 N–H and O–H groups in total. The number of aromatic nitrogens is 2. The van der Waals surface area contributed by atoms with Gasteiger partial charge in [0.2, 0.25) is 5.91 Å². The lowest BCUT2D eigenvalue weighted by Gasteiger charge is -2.18. The van der Waals surface area contributed by atoms with Crippen molar-refractivity contribution in [3.8, 4) is 0 Å². The third-order valence-electron chi connectivity index (χ3n) is 3.77. The number of nitrogens with one attached hydrogen (secondary N) is 2. The smallest absolute Gasteiger partial charge is 0.246 e. The largest absolute Gasteiger partial charge is 0.324 e. The van der Waals surface area contributed by atoms with Crippen molar-refractivity contribution in [3.63, 3.8) is 0 Å². The molecule has 1 aliphatic heterocycles. The second kappa shape index (κ2) is 8.34. The van der Waals surface area contributed by atoms with Crippen LogP contribution in [0.5, 0.6) is 0 Å². The number of hydrogen-bond donors (Lipinski definition) is 2. The fourth-order valence-electron chi connectivity index (χ4n) is 2.73. The van der Waals surface area contributed by atoms with Crippen LogP contribution in [0, 0.1) is 13.8 Å². The van der Waals surface area contributed by atoms with E-state index in [1.165, 1.54) is 11.1 Å². The van der Waals surface area contributed by atoms with Gasteiger partial charge in [-0.1, -0.05) is 6.07 Å². The van der Waals surface area contributed by atoms with Gasteiger partial charge in [0.05, 0.1) is 5.69 Å². The molecule has 0 saturated heterocycles. The fourth-order valence-corrected chi connectivity index (χ4v) is 2.73. The van der Waals surface area contributed by atoms with Gasteiger partial charge < -0.3 is 10.6 Å².